The lowest BCUT2D eigenvalue weighted by Gasteiger charge is -2.32. The van der Waals surface area contributed by atoms with Crippen molar-refractivity contribution in [3.05, 3.63) is 64.2 Å². The van der Waals surface area contributed by atoms with Crippen molar-refractivity contribution in [2.75, 3.05) is 0 Å². The van der Waals surface area contributed by atoms with Gasteiger partial charge in [0.2, 0.25) is 0 Å². The van der Waals surface area contributed by atoms with Crippen LogP contribution in [0.2, 0.25) is 0 Å². The van der Waals surface area contributed by atoms with Crippen LogP contribution in [0.3, 0.4) is 0 Å². The average Bonchev–Trinajstić information content (AvgIpc) is 2.93. The molecular weight excluding hydrogens is 519 g/mol. The molecule has 0 bridgehead atoms. The Morgan fingerprint density at radius 2 is 1.35 bits per heavy atom. The van der Waals surface area contributed by atoms with Crippen LogP contribution in [-0.2, 0) is 12.8 Å². The van der Waals surface area contributed by atoms with Gasteiger partial charge in [0.05, 0.1) is 0 Å². The highest BCUT2D eigenvalue weighted by atomic mass is 19.4. The lowest BCUT2D eigenvalue weighted by atomic mass is 9.73. The molecule has 0 spiro atoms. The first-order valence-corrected chi connectivity index (χ1v) is 15.6. The second kappa shape index (κ2) is 12.8. The summed E-state index contributed by atoms with van der Waals surface area (Å²) in [6.45, 7) is 2.28. The number of halogens is 5. The van der Waals surface area contributed by atoms with E-state index in [1.54, 1.807) is 18.2 Å². The van der Waals surface area contributed by atoms with Gasteiger partial charge in [0.1, 0.15) is 17.4 Å². The molecule has 0 radical (unpaired) electrons. The summed E-state index contributed by atoms with van der Waals surface area (Å²) in [5.41, 5.74) is 2.81. The first-order valence-electron chi connectivity index (χ1n) is 15.6. The van der Waals surface area contributed by atoms with E-state index in [0.29, 0.717) is 25.2 Å². The van der Waals surface area contributed by atoms with Crippen LogP contribution in [0.4, 0.5) is 22.0 Å². The molecule has 0 N–H and O–H groups in total. The quantitative estimate of drug-likeness (QED) is 0.291. The fourth-order valence-corrected chi connectivity index (χ4v) is 7.91. The lowest BCUT2D eigenvalue weighted by Crippen LogP contribution is -2.21. The smallest absolute Gasteiger partial charge is 0.406 e. The number of rotatable bonds is 8. The van der Waals surface area contributed by atoms with Crippen LogP contribution >= 0.6 is 0 Å². The van der Waals surface area contributed by atoms with Crippen LogP contribution in [0.1, 0.15) is 124 Å². The molecule has 0 amide bonds. The highest BCUT2D eigenvalue weighted by Gasteiger charge is 2.33. The van der Waals surface area contributed by atoms with E-state index in [4.69, 9.17) is 0 Å². The third-order valence-electron chi connectivity index (χ3n) is 10.1. The lowest BCUT2D eigenvalue weighted by molar-refractivity contribution is -0.274. The molecule has 5 rings (SSSR count). The van der Waals surface area contributed by atoms with Crippen LogP contribution in [-0.4, -0.2) is 6.36 Å². The van der Waals surface area contributed by atoms with E-state index in [1.807, 2.05) is 0 Å². The Bertz CT molecular complexity index is 1110. The Balaban J connectivity index is 1.15. The fourth-order valence-electron chi connectivity index (χ4n) is 7.91. The van der Waals surface area contributed by atoms with Gasteiger partial charge in [-0.2, -0.15) is 0 Å². The molecule has 3 aliphatic rings. The summed E-state index contributed by atoms with van der Waals surface area (Å²) in [6.07, 6.45) is 11.1. The monoisotopic (exact) mass is 562 g/mol. The fraction of sp³-hybridized carbons (Fsp3) is 0.647. The molecule has 220 valence electrons. The van der Waals surface area contributed by atoms with Gasteiger partial charge in [-0.05, 0) is 116 Å². The summed E-state index contributed by atoms with van der Waals surface area (Å²) in [4.78, 5) is 0. The Kier molecular flexibility index (Phi) is 9.42. The van der Waals surface area contributed by atoms with Gasteiger partial charge in [-0.1, -0.05) is 64.0 Å². The molecule has 0 saturated heterocycles. The zero-order valence-electron chi connectivity index (χ0n) is 23.7. The van der Waals surface area contributed by atoms with Gasteiger partial charge in [0, 0.05) is 5.56 Å². The Hall–Kier alpha value is -2.11. The van der Waals surface area contributed by atoms with Gasteiger partial charge in [0.25, 0.3) is 0 Å². The molecule has 2 aromatic carbocycles. The van der Waals surface area contributed by atoms with Crippen molar-refractivity contribution >= 4 is 0 Å². The van der Waals surface area contributed by atoms with Gasteiger partial charge in [-0.25, -0.2) is 8.78 Å². The first kappa shape index (κ1) is 29.4. The Labute approximate surface area is 235 Å². The van der Waals surface area contributed by atoms with E-state index >= 15 is 8.78 Å². The predicted octanol–water partition coefficient (Wildman–Crippen LogP) is 10.8. The second-order valence-electron chi connectivity index (χ2n) is 12.8. The molecule has 2 fully saturated rings. The molecule has 1 atom stereocenters. The van der Waals surface area contributed by atoms with Crippen molar-refractivity contribution in [1.82, 2.24) is 0 Å². The summed E-state index contributed by atoms with van der Waals surface area (Å²) < 4.78 is 72.4. The zero-order chi connectivity index (χ0) is 28.3. The molecule has 1 nitrogen and oxygen atoms in total. The standard InChI is InChI=1S/C34H43F5O/c1-2-3-22-4-6-23(7-5-22)8-9-24-10-19-30-28(20-24)21-31(35)32(33(30)36)27-13-11-25(12-14-27)26-15-17-29(18-16-26)40-34(37,38)39/h15-18,21-25,27H,2-14,19-20H2,1H3. The minimum Gasteiger partial charge on any atom is -0.406 e. The van der Waals surface area contributed by atoms with E-state index in [1.165, 1.54) is 63.5 Å². The zero-order valence-corrected chi connectivity index (χ0v) is 23.7. The van der Waals surface area contributed by atoms with E-state index in [0.717, 1.165) is 54.2 Å². The maximum atomic E-state index is 15.8. The largest absolute Gasteiger partial charge is 0.573 e. The van der Waals surface area contributed by atoms with Crippen molar-refractivity contribution in [3.63, 3.8) is 0 Å². The van der Waals surface area contributed by atoms with Crippen LogP contribution in [0.15, 0.2) is 30.3 Å². The highest BCUT2D eigenvalue weighted by Crippen LogP contribution is 2.44. The molecule has 0 aliphatic heterocycles. The number of hydrogen-bond donors (Lipinski definition) is 0. The summed E-state index contributed by atoms with van der Waals surface area (Å²) in [7, 11) is 0. The molecule has 40 heavy (non-hydrogen) atoms. The first-order chi connectivity index (χ1) is 19.2. The topological polar surface area (TPSA) is 9.23 Å². The van der Waals surface area contributed by atoms with Crippen molar-refractivity contribution in [2.24, 2.45) is 17.8 Å². The molecular formula is C34H43F5O. The summed E-state index contributed by atoms with van der Waals surface area (Å²) in [5, 5.41) is 0. The molecule has 3 aliphatic carbocycles. The highest BCUT2D eigenvalue weighted by molar-refractivity contribution is 5.39. The van der Waals surface area contributed by atoms with Crippen LogP contribution in [0.25, 0.3) is 0 Å². The maximum absolute atomic E-state index is 15.8. The van der Waals surface area contributed by atoms with Gasteiger partial charge in [0.15, 0.2) is 0 Å². The third-order valence-corrected chi connectivity index (χ3v) is 10.1. The maximum Gasteiger partial charge on any atom is 0.573 e. The van der Waals surface area contributed by atoms with Gasteiger partial charge < -0.3 is 4.74 Å². The van der Waals surface area contributed by atoms with Crippen molar-refractivity contribution in [3.8, 4) is 5.75 Å². The summed E-state index contributed by atoms with van der Waals surface area (Å²) in [6, 6.07) is 7.63. The summed E-state index contributed by atoms with van der Waals surface area (Å²) >= 11 is 0. The van der Waals surface area contributed by atoms with E-state index in [-0.39, 0.29) is 29.0 Å². The molecule has 6 heteroatoms. The minimum atomic E-state index is -4.71. The van der Waals surface area contributed by atoms with E-state index in [2.05, 4.69) is 11.7 Å². The van der Waals surface area contributed by atoms with Crippen LogP contribution in [0.5, 0.6) is 5.75 Å². The SMILES string of the molecule is CCCC1CCC(CCC2CCc3c(cc(F)c(C4CCC(c5ccc(OC(F)(F)F)cc5)CC4)c3F)C2)CC1. The molecule has 2 saturated carbocycles. The van der Waals surface area contributed by atoms with E-state index < -0.39 is 12.2 Å². The molecule has 0 heterocycles. The van der Waals surface area contributed by atoms with Gasteiger partial charge >= 0.3 is 6.36 Å². The Morgan fingerprint density at radius 1 is 0.750 bits per heavy atom. The second-order valence-corrected chi connectivity index (χ2v) is 12.8. The Morgan fingerprint density at radius 3 is 1.98 bits per heavy atom. The molecule has 1 unspecified atom stereocenters. The normalized spacial score (nSPS) is 27.3. The number of benzene rings is 2. The molecule has 0 aromatic heterocycles. The molecule has 2 aromatic rings. The van der Waals surface area contributed by atoms with Crippen molar-refractivity contribution < 1.29 is 26.7 Å². The van der Waals surface area contributed by atoms with Crippen LogP contribution in [0, 0.1) is 29.4 Å². The number of fused-ring (bicyclic) bond motifs is 1. The van der Waals surface area contributed by atoms with Crippen molar-refractivity contribution in [1.29, 1.82) is 0 Å². The van der Waals surface area contributed by atoms with Gasteiger partial charge in [-0.15, -0.1) is 13.2 Å². The predicted molar refractivity (Wildman–Crippen MR) is 149 cm³/mol. The number of alkyl halides is 3. The number of ether oxygens (including phenoxy) is 1. The van der Waals surface area contributed by atoms with Gasteiger partial charge in [-0.3, -0.25) is 0 Å². The van der Waals surface area contributed by atoms with E-state index in [9.17, 15) is 13.2 Å². The van der Waals surface area contributed by atoms with Crippen LogP contribution < -0.4 is 4.74 Å². The number of hydrogen-bond acceptors (Lipinski definition) is 1. The average molecular weight is 563 g/mol. The van der Waals surface area contributed by atoms with Crippen molar-refractivity contribution in [2.45, 2.75) is 121 Å². The third kappa shape index (κ3) is 7.20. The summed E-state index contributed by atoms with van der Waals surface area (Å²) in [5.74, 6) is 1.33. The minimum absolute atomic E-state index is 0.157.